The molecule has 1 aliphatic rings. The molecule has 3 aromatic carbocycles. The van der Waals surface area contributed by atoms with Crippen LogP contribution in [0.1, 0.15) is 34.7 Å². The van der Waals surface area contributed by atoms with Crippen LogP contribution in [0.4, 0.5) is 5.69 Å². The van der Waals surface area contributed by atoms with Gasteiger partial charge in [0.05, 0.1) is 16.5 Å². The number of non-ortho nitro benzene ring substituents is 1. The first kappa shape index (κ1) is 26.6. The number of ether oxygens (including phenoxy) is 2. The average molecular weight is 517 g/mol. The molecule has 0 saturated carbocycles. The van der Waals surface area contributed by atoms with Gasteiger partial charge in [0.2, 0.25) is 0 Å². The lowest BCUT2D eigenvalue weighted by Gasteiger charge is -2.25. The Labute approximate surface area is 220 Å². The molecule has 1 fully saturated rings. The summed E-state index contributed by atoms with van der Waals surface area (Å²) in [6.45, 7) is 2.97. The molecule has 1 heterocycles. The first-order valence-electron chi connectivity index (χ1n) is 12.1. The highest BCUT2D eigenvalue weighted by atomic mass is 16.6. The lowest BCUT2D eigenvalue weighted by Crippen LogP contribution is -2.31. The van der Waals surface area contributed by atoms with Crippen molar-refractivity contribution in [1.29, 1.82) is 0 Å². The van der Waals surface area contributed by atoms with Gasteiger partial charge in [-0.05, 0) is 60.9 Å². The fourth-order valence-electron chi connectivity index (χ4n) is 4.45. The molecule has 1 N–H and O–H groups in total. The van der Waals surface area contributed by atoms with Gasteiger partial charge in [-0.1, -0.05) is 29.8 Å². The number of aliphatic hydroxyl groups is 1. The number of hydrogen-bond donors (Lipinski definition) is 1. The van der Waals surface area contributed by atoms with Gasteiger partial charge in [0.15, 0.2) is 0 Å². The lowest BCUT2D eigenvalue weighted by molar-refractivity contribution is -0.384. The Balaban J connectivity index is 1.64. The second-order valence-corrected chi connectivity index (χ2v) is 8.99. The number of methoxy groups -OCH3 is 1. The summed E-state index contributed by atoms with van der Waals surface area (Å²) in [5.41, 5.74) is 2.78. The Morgan fingerprint density at radius 2 is 1.76 bits per heavy atom. The van der Waals surface area contributed by atoms with Crippen LogP contribution in [0.25, 0.3) is 5.76 Å². The van der Waals surface area contributed by atoms with E-state index in [0.717, 1.165) is 11.1 Å². The molecule has 0 bridgehead atoms. The predicted molar refractivity (Wildman–Crippen MR) is 141 cm³/mol. The Bertz CT molecular complexity index is 1360. The van der Waals surface area contributed by atoms with Gasteiger partial charge in [0, 0.05) is 38.0 Å². The number of nitrogens with zero attached hydrogens (tertiary/aromatic N) is 2. The van der Waals surface area contributed by atoms with Gasteiger partial charge in [-0.25, -0.2) is 0 Å². The summed E-state index contributed by atoms with van der Waals surface area (Å²) in [6.07, 6.45) is 0.472. The van der Waals surface area contributed by atoms with Gasteiger partial charge in [-0.2, -0.15) is 0 Å². The maximum atomic E-state index is 13.1. The summed E-state index contributed by atoms with van der Waals surface area (Å²) in [7, 11) is 1.54. The number of aryl methyl sites for hydroxylation is 1. The molecular weight excluding hydrogens is 488 g/mol. The molecule has 38 heavy (non-hydrogen) atoms. The van der Waals surface area contributed by atoms with E-state index in [4.69, 9.17) is 9.47 Å². The van der Waals surface area contributed by atoms with Crippen LogP contribution in [0.2, 0.25) is 0 Å². The largest absolute Gasteiger partial charge is 0.507 e. The summed E-state index contributed by atoms with van der Waals surface area (Å²) in [5, 5.41) is 22.3. The second kappa shape index (κ2) is 11.7. The summed E-state index contributed by atoms with van der Waals surface area (Å²) >= 11 is 0. The molecule has 0 spiro atoms. The quantitative estimate of drug-likeness (QED) is 0.101. The smallest absolute Gasteiger partial charge is 0.295 e. The van der Waals surface area contributed by atoms with Crippen molar-refractivity contribution in [3.63, 3.8) is 0 Å². The average Bonchev–Trinajstić information content (AvgIpc) is 3.17. The minimum atomic E-state index is -0.898. The van der Waals surface area contributed by atoms with Crippen molar-refractivity contribution in [3.8, 4) is 5.75 Å². The number of nitro groups is 1. The highest BCUT2D eigenvalue weighted by Gasteiger charge is 2.45. The third-order valence-corrected chi connectivity index (χ3v) is 6.32. The van der Waals surface area contributed by atoms with Crippen LogP contribution in [0.3, 0.4) is 0 Å². The predicted octanol–water partition coefficient (Wildman–Crippen LogP) is 4.94. The number of nitro benzene ring substituents is 1. The van der Waals surface area contributed by atoms with E-state index in [0.29, 0.717) is 36.5 Å². The van der Waals surface area contributed by atoms with Gasteiger partial charge in [0.1, 0.15) is 18.1 Å². The summed E-state index contributed by atoms with van der Waals surface area (Å²) < 4.78 is 10.9. The number of amides is 1. The van der Waals surface area contributed by atoms with Crippen LogP contribution in [-0.2, 0) is 20.9 Å². The molecule has 0 aromatic heterocycles. The normalized spacial score (nSPS) is 16.6. The monoisotopic (exact) mass is 516 g/mol. The first-order valence-corrected chi connectivity index (χ1v) is 12.1. The highest BCUT2D eigenvalue weighted by molar-refractivity contribution is 6.46. The number of carbonyl (C=O) groups is 2. The molecule has 0 radical (unpaired) electrons. The Kier molecular flexibility index (Phi) is 8.18. The number of likely N-dealkylation sites (tertiary alicyclic amines) is 1. The molecule has 196 valence electrons. The summed E-state index contributed by atoms with van der Waals surface area (Å²) in [6, 6.07) is 19.3. The molecule has 1 atom stereocenters. The maximum Gasteiger partial charge on any atom is 0.295 e. The number of ketones is 1. The topological polar surface area (TPSA) is 119 Å². The molecule has 1 amide bonds. The van der Waals surface area contributed by atoms with Crippen LogP contribution in [0.15, 0.2) is 78.4 Å². The third-order valence-electron chi connectivity index (χ3n) is 6.32. The third kappa shape index (κ3) is 5.73. The highest BCUT2D eigenvalue weighted by Crippen LogP contribution is 2.40. The van der Waals surface area contributed by atoms with Crippen LogP contribution in [0, 0.1) is 17.0 Å². The number of rotatable bonds is 10. The fourth-order valence-corrected chi connectivity index (χ4v) is 4.45. The van der Waals surface area contributed by atoms with Crippen molar-refractivity contribution in [3.05, 3.63) is 111 Å². The molecule has 4 rings (SSSR count). The van der Waals surface area contributed by atoms with Gasteiger partial charge in [0.25, 0.3) is 17.4 Å². The van der Waals surface area contributed by atoms with E-state index in [9.17, 15) is 24.8 Å². The van der Waals surface area contributed by atoms with Crippen molar-refractivity contribution in [1.82, 2.24) is 4.90 Å². The Hall–Kier alpha value is -4.50. The lowest BCUT2D eigenvalue weighted by atomic mass is 9.95. The van der Waals surface area contributed by atoms with Gasteiger partial charge in [-0.15, -0.1) is 0 Å². The Morgan fingerprint density at radius 3 is 2.39 bits per heavy atom. The number of carbonyl (C=O) groups excluding carboxylic acids is 2. The molecule has 9 heteroatoms. The molecule has 1 aliphatic heterocycles. The molecule has 1 saturated heterocycles. The minimum absolute atomic E-state index is 0.0744. The number of hydrogen-bond acceptors (Lipinski definition) is 7. The zero-order chi connectivity index (χ0) is 27.2. The molecule has 9 nitrogen and oxygen atoms in total. The van der Waals surface area contributed by atoms with E-state index in [1.807, 2.05) is 31.2 Å². The van der Waals surface area contributed by atoms with Crippen molar-refractivity contribution in [2.24, 2.45) is 0 Å². The second-order valence-electron chi connectivity index (χ2n) is 8.99. The van der Waals surface area contributed by atoms with Crippen molar-refractivity contribution in [2.45, 2.75) is 26.0 Å². The van der Waals surface area contributed by atoms with E-state index in [2.05, 4.69) is 0 Å². The van der Waals surface area contributed by atoms with Crippen molar-refractivity contribution in [2.75, 3.05) is 20.3 Å². The van der Waals surface area contributed by atoms with Crippen LogP contribution < -0.4 is 4.74 Å². The SMILES string of the molecule is COCCCN1C(=O)C(=O)/C(=C(/O)c2ccc(OCc3cccc(C)c3)cc2)C1c1ccc([N+](=O)[O-])cc1. The van der Waals surface area contributed by atoms with Crippen LogP contribution >= 0.6 is 0 Å². The fraction of sp³-hybridized carbons (Fsp3) is 0.241. The molecule has 1 unspecified atom stereocenters. The van der Waals surface area contributed by atoms with E-state index in [1.54, 1.807) is 24.3 Å². The molecular formula is C29H28N2O7. The zero-order valence-corrected chi connectivity index (χ0v) is 21.1. The van der Waals surface area contributed by atoms with Gasteiger partial charge in [-0.3, -0.25) is 19.7 Å². The van der Waals surface area contributed by atoms with Crippen LogP contribution in [-0.4, -0.2) is 46.9 Å². The number of Topliss-reactive ketones (excluding diaryl/α,β-unsaturated/α-hetero) is 1. The van der Waals surface area contributed by atoms with E-state index < -0.39 is 22.7 Å². The maximum absolute atomic E-state index is 13.1. The zero-order valence-electron chi connectivity index (χ0n) is 21.1. The number of benzene rings is 3. The van der Waals surface area contributed by atoms with Gasteiger partial charge < -0.3 is 19.5 Å². The van der Waals surface area contributed by atoms with Crippen LogP contribution in [0.5, 0.6) is 5.75 Å². The first-order chi connectivity index (χ1) is 18.3. The molecule has 0 aliphatic carbocycles. The number of aliphatic hydroxyl groups excluding tert-OH is 1. The van der Waals surface area contributed by atoms with Crippen molar-refractivity contribution >= 4 is 23.1 Å². The summed E-state index contributed by atoms with van der Waals surface area (Å²) in [4.78, 5) is 38.0. The van der Waals surface area contributed by atoms with E-state index in [1.165, 1.54) is 36.3 Å². The minimum Gasteiger partial charge on any atom is -0.507 e. The Morgan fingerprint density at radius 1 is 1.05 bits per heavy atom. The summed E-state index contributed by atoms with van der Waals surface area (Å²) in [5.74, 6) is -1.31. The molecule has 3 aromatic rings. The van der Waals surface area contributed by atoms with E-state index >= 15 is 0 Å². The van der Waals surface area contributed by atoms with Crippen molar-refractivity contribution < 1.29 is 29.1 Å². The van der Waals surface area contributed by atoms with Gasteiger partial charge >= 0.3 is 0 Å². The standard InChI is InChI=1S/C29H28N2O7/c1-19-5-3-6-20(17-19)18-38-24-13-9-22(10-14-24)27(32)25-26(21-7-11-23(12-8-21)31(35)36)30(15-4-16-37-2)29(34)28(25)33/h3,5-14,17,26,32H,4,15-16,18H2,1-2H3/b27-25+. The van der Waals surface area contributed by atoms with E-state index in [-0.39, 0.29) is 23.6 Å².